The molecule has 5 nitrogen and oxygen atoms in total. The zero-order valence-electron chi connectivity index (χ0n) is 12.8. The first kappa shape index (κ1) is 15.7. The van der Waals surface area contributed by atoms with Crippen molar-refractivity contribution in [1.82, 2.24) is 10.6 Å². The molecule has 0 aliphatic carbocycles. The van der Waals surface area contributed by atoms with Crippen LogP contribution >= 0.6 is 0 Å². The second kappa shape index (κ2) is 7.93. The molecule has 0 bridgehead atoms. The molecule has 116 valence electrons. The van der Waals surface area contributed by atoms with E-state index in [4.69, 9.17) is 9.47 Å². The number of nitrogens with one attached hydrogen (secondary N) is 2. The molecule has 5 heteroatoms. The number of para-hydroxylation sites is 1. The summed E-state index contributed by atoms with van der Waals surface area (Å²) in [5.74, 6) is 1.53. The predicted molar refractivity (Wildman–Crippen MR) is 85.1 cm³/mol. The van der Waals surface area contributed by atoms with Gasteiger partial charge >= 0.3 is 6.03 Å². The van der Waals surface area contributed by atoms with Crippen molar-refractivity contribution in [2.45, 2.75) is 13.1 Å². The van der Waals surface area contributed by atoms with Crippen LogP contribution in [0.25, 0.3) is 0 Å². The molecule has 0 aliphatic heterocycles. The van der Waals surface area contributed by atoms with Crippen LogP contribution in [-0.4, -0.2) is 20.3 Å². The molecular formula is C17H20N2O3. The van der Waals surface area contributed by atoms with E-state index in [1.54, 1.807) is 14.2 Å². The van der Waals surface area contributed by atoms with Crippen molar-refractivity contribution in [3.63, 3.8) is 0 Å². The summed E-state index contributed by atoms with van der Waals surface area (Å²) < 4.78 is 10.4. The van der Waals surface area contributed by atoms with Crippen LogP contribution in [0.2, 0.25) is 0 Å². The Kier molecular flexibility index (Phi) is 5.65. The first-order valence-electron chi connectivity index (χ1n) is 6.99. The second-order valence-electron chi connectivity index (χ2n) is 4.70. The first-order valence-corrected chi connectivity index (χ1v) is 6.99. The van der Waals surface area contributed by atoms with E-state index < -0.39 is 0 Å². The van der Waals surface area contributed by atoms with Gasteiger partial charge in [-0.1, -0.05) is 30.3 Å². The van der Waals surface area contributed by atoms with Gasteiger partial charge in [0.25, 0.3) is 0 Å². The normalized spacial score (nSPS) is 9.91. The summed E-state index contributed by atoms with van der Waals surface area (Å²) in [5, 5.41) is 5.62. The van der Waals surface area contributed by atoms with Crippen LogP contribution in [0.3, 0.4) is 0 Å². The average Bonchev–Trinajstić information content (AvgIpc) is 2.58. The molecule has 0 atom stereocenters. The van der Waals surface area contributed by atoms with Crippen molar-refractivity contribution in [3.8, 4) is 11.5 Å². The number of ether oxygens (including phenoxy) is 2. The van der Waals surface area contributed by atoms with Gasteiger partial charge in [0.15, 0.2) is 0 Å². The van der Waals surface area contributed by atoms with Crippen LogP contribution in [0.1, 0.15) is 11.1 Å². The lowest BCUT2D eigenvalue weighted by Crippen LogP contribution is -2.34. The molecule has 0 radical (unpaired) electrons. The lowest BCUT2D eigenvalue weighted by Gasteiger charge is -2.11. The van der Waals surface area contributed by atoms with Crippen LogP contribution in [0.4, 0.5) is 4.79 Å². The fourth-order valence-electron chi connectivity index (χ4n) is 2.05. The van der Waals surface area contributed by atoms with E-state index in [1.807, 2.05) is 48.5 Å². The Morgan fingerprint density at radius 3 is 2.50 bits per heavy atom. The van der Waals surface area contributed by atoms with Gasteiger partial charge in [0, 0.05) is 18.7 Å². The van der Waals surface area contributed by atoms with Gasteiger partial charge in [-0.15, -0.1) is 0 Å². The summed E-state index contributed by atoms with van der Waals surface area (Å²) in [6, 6.07) is 14.9. The van der Waals surface area contributed by atoms with Gasteiger partial charge in [-0.05, 0) is 23.8 Å². The highest BCUT2D eigenvalue weighted by molar-refractivity contribution is 5.73. The maximum absolute atomic E-state index is 11.8. The van der Waals surface area contributed by atoms with Gasteiger partial charge < -0.3 is 20.1 Å². The topological polar surface area (TPSA) is 59.6 Å². The Hall–Kier alpha value is -2.69. The molecule has 0 aromatic heterocycles. The summed E-state index contributed by atoms with van der Waals surface area (Å²) >= 11 is 0. The molecule has 0 saturated heterocycles. The highest BCUT2D eigenvalue weighted by Gasteiger charge is 2.05. The van der Waals surface area contributed by atoms with Crippen molar-refractivity contribution in [2.24, 2.45) is 0 Å². The summed E-state index contributed by atoms with van der Waals surface area (Å²) in [6.45, 7) is 0.850. The zero-order valence-corrected chi connectivity index (χ0v) is 12.8. The van der Waals surface area contributed by atoms with Gasteiger partial charge in [0.05, 0.1) is 14.2 Å². The smallest absolute Gasteiger partial charge is 0.315 e. The Labute approximate surface area is 130 Å². The third-order valence-corrected chi connectivity index (χ3v) is 3.22. The molecule has 0 fully saturated rings. The molecular weight excluding hydrogens is 280 g/mol. The molecule has 2 aromatic carbocycles. The lowest BCUT2D eigenvalue weighted by molar-refractivity contribution is 0.240. The minimum absolute atomic E-state index is 0.228. The van der Waals surface area contributed by atoms with Crippen molar-refractivity contribution in [3.05, 3.63) is 59.7 Å². The molecule has 2 rings (SSSR count). The second-order valence-corrected chi connectivity index (χ2v) is 4.70. The Morgan fingerprint density at radius 1 is 0.955 bits per heavy atom. The third-order valence-electron chi connectivity index (χ3n) is 3.22. The first-order chi connectivity index (χ1) is 10.7. The molecule has 0 unspecified atom stereocenters. The minimum Gasteiger partial charge on any atom is -0.497 e. The van der Waals surface area contributed by atoms with Crippen molar-refractivity contribution in [2.75, 3.05) is 14.2 Å². The fourth-order valence-corrected chi connectivity index (χ4v) is 2.05. The summed E-state index contributed by atoms with van der Waals surface area (Å²) in [4.78, 5) is 11.8. The Balaban J connectivity index is 1.83. The van der Waals surface area contributed by atoms with Crippen molar-refractivity contribution < 1.29 is 14.3 Å². The van der Waals surface area contributed by atoms with Crippen LogP contribution < -0.4 is 20.1 Å². The minimum atomic E-state index is -0.228. The molecule has 2 N–H and O–H groups in total. The summed E-state index contributed by atoms with van der Waals surface area (Å²) in [5.41, 5.74) is 1.91. The molecule has 0 heterocycles. The zero-order chi connectivity index (χ0) is 15.8. The third kappa shape index (κ3) is 4.41. The van der Waals surface area contributed by atoms with Crippen LogP contribution in [0.5, 0.6) is 11.5 Å². The number of carbonyl (C=O) groups is 1. The lowest BCUT2D eigenvalue weighted by atomic mass is 10.2. The van der Waals surface area contributed by atoms with E-state index in [2.05, 4.69) is 10.6 Å². The average molecular weight is 300 g/mol. The number of hydrogen-bond donors (Lipinski definition) is 2. The Bertz CT molecular complexity index is 629. The van der Waals surface area contributed by atoms with E-state index in [-0.39, 0.29) is 6.03 Å². The number of hydrogen-bond acceptors (Lipinski definition) is 3. The van der Waals surface area contributed by atoms with Crippen molar-refractivity contribution >= 4 is 6.03 Å². The van der Waals surface area contributed by atoms with Crippen molar-refractivity contribution in [1.29, 1.82) is 0 Å². The standard InChI is InChI=1S/C17H20N2O3/c1-21-15-8-5-6-13(10-15)11-18-17(20)19-12-14-7-3-4-9-16(14)22-2/h3-10H,11-12H2,1-2H3,(H2,18,19,20). The largest absolute Gasteiger partial charge is 0.497 e. The van der Waals surface area contributed by atoms with E-state index in [0.29, 0.717) is 13.1 Å². The van der Waals surface area contributed by atoms with Gasteiger partial charge in [-0.25, -0.2) is 4.79 Å². The van der Waals surface area contributed by atoms with E-state index in [1.165, 1.54) is 0 Å². The number of rotatable bonds is 6. The molecule has 0 spiro atoms. The molecule has 22 heavy (non-hydrogen) atoms. The van der Waals surface area contributed by atoms with Gasteiger partial charge in [0.1, 0.15) is 11.5 Å². The van der Waals surface area contributed by atoms with Crippen LogP contribution in [0, 0.1) is 0 Å². The fraction of sp³-hybridized carbons (Fsp3) is 0.235. The van der Waals surface area contributed by atoms with E-state index in [0.717, 1.165) is 22.6 Å². The quantitative estimate of drug-likeness (QED) is 0.862. The SMILES string of the molecule is COc1cccc(CNC(=O)NCc2ccccc2OC)c1. The summed E-state index contributed by atoms with van der Waals surface area (Å²) in [6.07, 6.45) is 0. The molecule has 0 saturated carbocycles. The maximum Gasteiger partial charge on any atom is 0.315 e. The summed E-state index contributed by atoms with van der Waals surface area (Å²) in [7, 11) is 3.23. The Morgan fingerprint density at radius 2 is 1.73 bits per heavy atom. The van der Waals surface area contributed by atoms with Gasteiger partial charge in [-0.2, -0.15) is 0 Å². The highest BCUT2D eigenvalue weighted by Crippen LogP contribution is 2.16. The monoisotopic (exact) mass is 300 g/mol. The van der Waals surface area contributed by atoms with E-state index >= 15 is 0 Å². The molecule has 0 aliphatic rings. The number of urea groups is 1. The molecule has 2 amide bonds. The van der Waals surface area contributed by atoms with E-state index in [9.17, 15) is 4.79 Å². The predicted octanol–water partition coefficient (Wildman–Crippen LogP) is 2.70. The molecule has 2 aromatic rings. The number of carbonyl (C=O) groups excluding carboxylic acids is 1. The van der Waals surface area contributed by atoms with Gasteiger partial charge in [-0.3, -0.25) is 0 Å². The number of methoxy groups -OCH3 is 2. The highest BCUT2D eigenvalue weighted by atomic mass is 16.5. The number of benzene rings is 2. The van der Waals surface area contributed by atoms with Crippen LogP contribution in [-0.2, 0) is 13.1 Å². The number of amides is 2. The maximum atomic E-state index is 11.8. The van der Waals surface area contributed by atoms with Crippen LogP contribution in [0.15, 0.2) is 48.5 Å². The van der Waals surface area contributed by atoms with Gasteiger partial charge in [0.2, 0.25) is 0 Å².